The van der Waals surface area contributed by atoms with Gasteiger partial charge in [-0.15, -0.1) is 0 Å². The molecule has 0 amide bonds. The van der Waals surface area contributed by atoms with Crippen LogP contribution in [0.3, 0.4) is 0 Å². The molecule has 130 valence electrons. The lowest BCUT2D eigenvalue weighted by molar-refractivity contribution is 0.628. The third-order valence-electron chi connectivity index (χ3n) is 4.61. The summed E-state index contributed by atoms with van der Waals surface area (Å²) in [5, 5.41) is 0. The third-order valence-corrected chi connectivity index (χ3v) is 4.61. The Labute approximate surface area is 160 Å². The third kappa shape index (κ3) is 3.77. The molecule has 4 rings (SSSR count). The van der Waals surface area contributed by atoms with Gasteiger partial charge in [0.25, 0.3) is 0 Å². The zero-order chi connectivity index (χ0) is 18.6. The first-order valence-electron chi connectivity index (χ1n) is 8.98. The van der Waals surface area contributed by atoms with Crippen LogP contribution < -0.4 is 10.4 Å². The molecular weight excluding hydrogens is 332 g/mol. The maximum atomic E-state index is 13.4. The van der Waals surface area contributed by atoms with Crippen molar-refractivity contribution in [2.75, 3.05) is 4.90 Å². The fourth-order valence-electron chi connectivity index (χ4n) is 3.16. The standard InChI is InChI=1S/C24H19BFN/c25-20-8-14-23(15-9-20)27(24-16-10-21(26)11-17-24)22-12-6-19(7-13-22)18-4-2-1-3-5-18/h1-17H,25H2. The van der Waals surface area contributed by atoms with Crippen LogP contribution in [0.15, 0.2) is 103 Å². The Hall–Kier alpha value is -3.33. The first kappa shape index (κ1) is 17.1. The van der Waals surface area contributed by atoms with E-state index >= 15 is 0 Å². The molecule has 4 aromatic carbocycles. The highest BCUT2D eigenvalue weighted by Gasteiger charge is 2.12. The van der Waals surface area contributed by atoms with E-state index in [1.54, 1.807) is 12.1 Å². The van der Waals surface area contributed by atoms with Crippen molar-refractivity contribution >= 4 is 30.4 Å². The second kappa shape index (κ2) is 7.51. The van der Waals surface area contributed by atoms with Gasteiger partial charge in [-0.25, -0.2) is 4.39 Å². The molecule has 0 fully saturated rings. The number of rotatable bonds is 4. The quantitative estimate of drug-likeness (QED) is 0.456. The van der Waals surface area contributed by atoms with Crippen LogP contribution in [0.5, 0.6) is 0 Å². The summed E-state index contributed by atoms with van der Waals surface area (Å²) in [6, 6.07) is 33.7. The van der Waals surface area contributed by atoms with Crippen LogP contribution in [0.4, 0.5) is 21.5 Å². The lowest BCUT2D eigenvalue weighted by Gasteiger charge is -2.25. The van der Waals surface area contributed by atoms with Crippen molar-refractivity contribution in [2.45, 2.75) is 0 Å². The molecule has 0 radical (unpaired) electrons. The predicted octanol–water partition coefficient (Wildman–Crippen LogP) is 5.22. The first-order chi connectivity index (χ1) is 13.2. The molecule has 0 aromatic heterocycles. The number of hydrogen-bond donors (Lipinski definition) is 0. The average molecular weight is 351 g/mol. The van der Waals surface area contributed by atoms with E-state index in [-0.39, 0.29) is 5.82 Å². The Bertz CT molecular complexity index is 965. The monoisotopic (exact) mass is 351 g/mol. The van der Waals surface area contributed by atoms with Crippen molar-refractivity contribution < 1.29 is 4.39 Å². The summed E-state index contributed by atoms with van der Waals surface area (Å²) in [5.41, 5.74) is 6.56. The van der Waals surface area contributed by atoms with Gasteiger partial charge in [-0.2, -0.15) is 0 Å². The van der Waals surface area contributed by atoms with E-state index in [0.717, 1.165) is 17.1 Å². The van der Waals surface area contributed by atoms with Gasteiger partial charge in [0.15, 0.2) is 0 Å². The topological polar surface area (TPSA) is 3.24 Å². The van der Waals surface area contributed by atoms with Gasteiger partial charge >= 0.3 is 0 Å². The predicted molar refractivity (Wildman–Crippen MR) is 115 cm³/mol. The summed E-state index contributed by atoms with van der Waals surface area (Å²) in [5.74, 6) is -0.234. The van der Waals surface area contributed by atoms with Crippen molar-refractivity contribution in [2.24, 2.45) is 0 Å². The van der Waals surface area contributed by atoms with E-state index in [2.05, 4.69) is 73.4 Å². The van der Waals surface area contributed by atoms with Gasteiger partial charge in [-0.3, -0.25) is 0 Å². The molecule has 1 nitrogen and oxygen atoms in total. The van der Waals surface area contributed by atoms with Crippen molar-refractivity contribution in [1.82, 2.24) is 0 Å². The van der Waals surface area contributed by atoms with Gasteiger partial charge < -0.3 is 4.90 Å². The largest absolute Gasteiger partial charge is 0.311 e. The fraction of sp³-hybridized carbons (Fsp3) is 0. The zero-order valence-electron chi connectivity index (χ0n) is 15.1. The summed E-state index contributed by atoms with van der Waals surface area (Å²) in [7, 11) is 2.07. The van der Waals surface area contributed by atoms with Gasteiger partial charge in [0.05, 0.1) is 0 Å². The Kier molecular flexibility index (Phi) is 4.76. The molecule has 3 heteroatoms. The Balaban J connectivity index is 1.76. The van der Waals surface area contributed by atoms with Crippen molar-refractivity contribution in [3.8, 4) is 11.1 Å². The molecule has 0 N–H and O–H groups in total. The number of anilines is 3. The molecule has 0 spiro atoms. The van der Waals surface area contributed by atoms with Crippen LogP contribution in [0.1, 0.15) is 0 Å². The van der Waals surface area contributed by atoms with Gasteiger partial charge in [0, 0.05) is 17.1 Å². The summed E-state index contributed by atoms with van der Waals surface area (Å²) < 4.78 is 13.4. The van der Waals surface area contributed by atoms with Crippen LogP contribution in [0.2, 0.25) is 0 Å². The maximum Gasteiger partial charge on any atom is 0.139 e. The van der Waals surface area contributed by atoms with Crippen LogP contribution in [-0.2, 0) is 0 Å². The van der Waals surface area contributed by atoms with E-state index in [9.17, 15) is 4.39 Å². The normalized spacial score (nSPS) is 10.6. The summed E-state index contributed by atoms with van der Waals surface area (Å²) in [6.45, 7) is 0. The highest BCUT2D eigenvalue weighted by molar-refractivity contribution is 6.32. The average Bonchev–Trinajstić information content (AvgIpc) is 2.72. The van der Waals surface area contributed by atoms with Gasteiger partial charge in [0.1, 0.15) is 13.7 Å². The Morgan fingerprint density at radius 1 is 0.519 bits per heavy atom. The van der Waals surface area contributed by atoms with Crippen molar-refractivity contribution in [3.63, 3.8) is 0 Å². The molecule has 0 unspecified atom stereocenters. The minimum Gasteiger partial charge on any atom is -0.311 e. The molecule has 0 aliphatic heterocycles. The van der Waals surface area contributed by atoms with Crippen LogP contribution in [-0.4, -0.2) is 7.85 Å². The molecule has 0 heterocycles. The van der Waals surface area contributed by atoms with E-state index in [4.69, 9.17) is 0 Å². The number of halogens is 1. The molecule has 4 aromatic rings. The van der Waals surface area contributed by atoms with E-state index < -0.39 is 0 Å². The Morgan fingerprint density at radius 2 is 0.963 bits per heavy atom. The van der Waals surface area contributed by atoms with Gasteiger partial charge in [-0.05, 0) is 59.7 Å². The molecule has 0 bridgehead atoms. The highest BCUT2D eigenvalue weighted by atomic mass is 19.1. The van der Waals surface area contributed by atoms with Crippen LogP contribution in [0, 0.1) is 5.82 Å². The van der Waals surface area contributed by atoms with Crippen molar-refractivity contribution in [3.05, 3.63) is 109 Å². The second-order valence-corrected chi connectivity index (χ2v) is 6.56. The summed E-state index contributed by atoms with van der Waals surface area (Å²) >= 11 is 0. The van der Waals surface area contributed by atoms with Crippen LogP contribution >= 0.6 is 0 Å². The first-order valence-corrected chi connectivity index (χ1v) is 8.98. The Morgan fingerprint density at radius 3 is 1.52 bits per heavy atom. The number of hydrogen-bond acceptors (Lipinski definition) is 1. The van der Waals surface area contributed by atoms with Crippen LogP contribution in [0.25, 0.3) is 11.1 Å². The summed E-state index contributed by atoms with van der Waals surface area (Å²) in [6.07, 6.45) is 0. The fourth-order valence-corrected chi connectivity index (χ4v) is 3.16. The summed E-state index contributed by atoms with van der Waals surface area (Å²) in [4.78, 5) is 2.13. The minimum atomic E-state index is -0.234. The number of benzene rings is 4. The molecular formula is C24H19BFN. The molecule has 27 heavy (non-hydrogen) atoms. The van der Waals surface area contributed by atoms with Gasteiger partial charge in [-0.1, -0.05) is 60.1 Å². The number of nitrogens with zero attached hydrogens (tertiary/aromatic N) is 1. The lowest BCUT2D eigenvalue weighted by atomic mass is 9.96. The smallest absolute Gasteiger partial charge is 0.139 e. The SMILES string of the molecule is Bc1ccc(N(c2ccc(F)cc2)c2ccc(-c3ccccc3)cc2)cc1. The molecule has 0 aliphatic rings. The van der Waals surface area contributed by atoms with E-state index in [0.29, 0.717) is 0 Å². The lowest BCUT2D eigenvalue weighted by Crippen LogP contribution is -2.11. The molecule has 0 saturated heterocycles. The molecule has 0 aliphatic carbocycles. The van der Waals surface area contributed by atoms with Gasteiger partial charge in [0.2, 0.25) is 0 Å². The van der Waals surface area contributed by atoms with E-state index in [1.165, 1.54) is 28.7 Å². The minimum absolute atomic E-state index is 0.234. The highest BCUT2D eigenvalue weighted by Crippen LogP contribution is 2.35. The maximum absolute atomic E-state index is 13.4. The molecule has 0 saturated carbocycles. The molecule has 0 atom stereocenters. The second-order valence-electron chi connectivity index (χ2n) is 6.56. The van der Waals surface area contributed by atoms with E-state index in [1.807, 2.05) is 18.2 Å². The van der Waals surface area contributed by atoms with Crippen molar-refractivity contribution in [1.29, 1.82) is 0 Å². The zero-order valence-corrected chi connectivity index (χ0v) is 15.1.